The van der Waals surface area contributed by atoms with Crippen molar-refractivity contribution in [2.45, 2.75) is 6.92 Å². The molecular formula is C6H8N2O3S. The molecule has 0 unspecified atom stereocenters. The normalized spacial score (nSPS) is 11.2. The first kappa shape index (κ1) is 8.95. The largest absolute Gasteiger partial charge is 0.380 e. The van der Waals surface area contributed by atoms with Crippen LogP contribution in [0.1, 0.15) is 5.69 Å². The van der Waals surface area contributed by atoms with E-state index in [0.717, 1.165) is 0 Å². The molecule has 1 aromatic rings. The van der Waals surface area contributed by atoms with E-state index in [4.69, 9.17) is 0 Å². The topological polar surface area (TPSA) is 82.3 Å². The van der Waals surface area contributed by atoms with Crippen molar-refractivity contribution < 1.29 is 12.6 Å². The Bertz CT molecular complexity index is 374. The van der Waals surface area contributed by atoms with E-state index < -0.39 is 10.3 Å². The Kier molecular flexibility index (Phi) is 2.30. The molecule has 0 aliphatic heterocycles. The number of hydrogen-bond acceptors (Lipinski definition) is 4. The van der Waals surface area contributed by atoms with Crippen molar-refractivity contribution in [2.75, 3.05) is 0 Å². The van der Waals surface area contributed by atoms with Gasteiger partial charge < -0.3 is 4.18 Å². The lowest BCUT2D eigenvalue weighted by Crippen LogP contribution is -2.19. The fourth-order valence-corrected chi connectivity index (χ4v) is 1.11. The van der Waals surface area contributed by atoms with Gasteiger partial charge in [-0.1, -0.05) is 0 Å². The predicted molar refractivity (Wildman–Crippen MR) is 42.7 cm³/mol. The van der Waals surface area contributed by atoms with Crippen molar-refractivity contribution >= 4 is 10.3 Å². The summed E-state index contributed by atoms with van der Waals surface area (Å²) in [5.74, 6) is 0.153. The minimum Gasteiger partial charge on any atom is -0.369 e. The molecule has 0 spiro atoms. The van der Waals surface area contributed by atoms with Crippen LogP contribution in [-0.2, 0) is 10.3 Å². The average molecular weight is 188 g/mol. The lowest BCUT2D eigenvalue weighted by atomic mass is 10.3. The van der Waals surface area contributed by atoms with E-state index in [1.54, 1.807) is 13.0 Å². The van der Waals surface area contributed by atoms with Crippen LogP contribution < -0.4 is 9.32 Å². The second-order valence-electron chi connectivity index (χ2n) is 2.16. The molecule has 0 radical (unpaired) electrons. The third-order valence-corrected chi connectivity index (χ3v) is 1.58. The van der Waals surface area contributed by atoms with E-state index in [1.165, 1.54) is 12.3 Å². The molecule has 2 N–H and O–H groups in total. The van der Waals surface area contributed by atoms with Gasteiger partial charge in [-0.05, 0) is 19.1 Å². The summed E-state index contributed by atoms with van der Waals surface area (Å²) in [6.07, 6.45) is 1.53. The van der Waals surface area contributed by atoms with Crippen molar-refractivity contribution in [3.63, 3.8) is 0 Å². The van der Waals surface area contributed by atoms with Gasteiger partial charge in [-0.3, -0.25) is 4.98 Å². The monoisotopic (exact) mass is 188 g/mol. The average Bonchev–Trinajstić information content (AvgIpc) is 1.91. The Labute approximate surface area is 70.4 Å². The van der Waals surface area contributed by atoms with Gasteiger partial charge in [-0.25, -0.2) is 0 Å². The molecule has 5 nitrogen and oxygen atoms in total. The van der Waals surface area contributed by atoms with Gasteiger partial charge in [0.05, 0.1) is 5.69 Å². The predicted octanol–water partition coefficient (Wildman–Crippen LogP) is -0.0277. The summed E-state index contributed by atoms with van der Waals surface area (Å²) in [7, 11) is -3.94. The zero-order chi connectivity index (χ0) is 9.19. The molecule has 66 valence electrons. The number of aryl methyl sites for hydroxylation is 1. The SMILES string of the molecule is Cc1ncccc1OS(N)(=O)=O. The van der Waals surface area contributed by atoms with E-state index >= 15 is 0 Å². The summed E-state index contributed by atoms with van der Waals surface area (Å²) in [6, 6.07) is 3.04. The molecule has 0 bridgehead atoms. The van der Waals surface area contributed by atoms with Crippen LogP contribution in [0.4, 0.5) is 0 Å². The van der Waals surface area contributed by atoms with Crippen molar-refractivity contribution in [3.8, 4) is 5.75 Å². The first-order valence-corrected chi connectivity index (χ1v) is 4.60. The van der Waals surface area contributed by atoms with Crippen LogP contribution in [0.3, 0.4) is 0 Å². The highest BCUT2D eigenvalue weighted by atomic mass is 32.2. The maximum absolute atomic E-state index is 10.5. The van der Waals surface area contributed by atoms with Crippen LogP contribution in [0.2, 0.25) is 0 Å². The van der Waals surface area contributed by atoms with Crippen molar-refractivity contribution in [2.24, 2.45) is 5.14 Å². The van der Waals surface area contributed by atoms with Crippen LogP contribution in [0, 0.1) is 6.92 Å². The fourth-order valence-electron chi connectivity index (χ4n) is 0.683. The van der Waals surface area contributed by atoms with Crippen LogP contribution in [0.5, 0.6) is 5.75 Å². The molecule has 0 saturated carbocycles. The van der Waals surface area contributed by atoms with Gasteiger partial charge in [0.1, 0.15) is 0 Å². The molecule has 1 heterocycles. The summed E-state index contributed by atoms with van der Waals surface area (Å²) < 4.78 is 25.4. The highest BCUT2D eigenvalue weighted by molar-refractivity contribution is 7.84. The molecule has 0 atom stereocenters. The second kappa shape index (κ2) is 3.08. The number of pyridine rings is 1. The van der Waals surface area contributed by atoms with Gasteiger partial charge in [-0.15, -0.1) is 0 Å². The molecular weight excluding hydrogens is 180 g/mol. The first-order valence-electron chi connectivity index (χ1n) is 3.13. The van der Waals surface area contributed by atoms with E-state index in [9.17, 15) is 8.42 Å². The Hall–Kier alpha value is -1.14. The summed E-state index contributed by atoms with van der Waals surface area (Å²) in [6.45, 7) is 1.63. The minimum atomic E-state index is -3.94. The third kappa shape index (κ3) is 2.48. The number of hydrogen-bond donors (Lipinski definition) is 1. The number of nitrogens with two attached hydrogens (primary N) is 1. The summed E-state index contributed by atoms with van der Waals surface area (Å²) >= 11 is 0. The van der Waals surface area contributed by atoms with Crippen LogP contribution in [0.25, 0.3) is 0 Å². The van der Waals surface area contributed by atoms with Crippen molar-refractivity contribution in [3.05, 3.63) is 24.0 Å². The molecule has 0 aliphatic rings. The first-order chi connectivity index (χ1) is 5.49. The third-order valence-electron chi connectivity index (χ3n) is 1.16. The molecule has 0 saturated heterocycles. The number of rotatable bonds is 2. The van der Waals surface area contributed by atoms with Crippen molar-refractivity contribution in [1.29, 1.82) is 0 Å². The van der Waals surface area contributed by atoms with E-state index in [0.29, 0.717) is 5.69 Å². The van der Waals surface area contributed by atoms with E-state index in [2.05, 4.69) is 14.3 Å². The summed E-state index contributed by atoms with van der Waals surface area (Å²) in [4.78, 5) is 3.82. The molecule has 0 aromatic carbocycles. The highest BCUT2D eigenvalue weighted by Crippen LogP contribution is 2.14. The maximum atomic E-state index is 10.5. The molecule has 0 fully saturated rings. The highest BCUT2D eigenvalue weighted by Gasteiger charge is 2.06. The van der Waals surface area contributed by atoms with Gasteiger partial charge >= 0.3 is 10.3 Å². The number of aromatic nitrogens is 1. The molecule has 1 aromatic heterocycles. The summed E-state index contributed by atoms with van der Waals surface area (Å²) in [5, 5.41) is 4.66. The molecule has 6 heteroatoms. The van der Waals surface area contributed by atoms with Gasteiger partial charge in [0.15, 0.2) is 5.75 Å². The quantitative estimate of drug-likeness (QED) is 0.706. The molecule has 12 heavy (non-hydrogen) atoms. The minimum absolute atomic E-state index is 0.153. The Morgan fingerprint density at radius 3 is 2.75 bits per heavy atom. The maximum Gasteiger partial charge on any atom is 0.380 e. The lowest BCUT2D eigenvalue weighted by molar-refractivity contribution is 0.484. The van der Waals surface area contributed by atoms with E-state index in [-0.39, 0.29) is 5.75 Å². The summed E-state index contributed by atoms with van der Waals surface area (Å²) in [5.41, 5.74) is 0.478. The zero-order valence-corrected chi connectivity index (χ0v) is 7.21. The number of nitrogens with zero attached hydrogens (tertiary/aromatic N) is 1. The van der Waals surface area contributed by atoms with Gasteiger partial charge in [-0.2, -0.15) is 13.6 Å². The Balaban J connectivity index is 2.98. The Morgan fingerprint density at radius 2 is 2.25 bits per heavy atom. The van der Waals surface area contributed by atoms with Crippen LogP contribution >= 0.6 is 0 Å². The second-order valence-corrected chi connectivity index (χ2v) is 3.32. The molecule has 0 amide bonds. The van der Waals surface area contributed by atoms with Gasteiger partial charge in [0.2, 0.25) is 0 Å². The van der Waals surface area contributed by atoms with Gasteiger partial charge in [0, 0.05) is 6.20 Å². The van der Waals surface area contributed by atoms with Crippen LogP contribution in [-0.4, -0.2) is 13.4 Å². The van der Waals surface area contributed by atoms with E-state index in [1.807, 2.05) is 0 Å². The molecule has 0 aliphatic carbocycles. The standard InChI is InChI=1S/C6H8N2O3S/c1-5-6(3-2-4-8-5)11-12(7,9)10/h2-4H,1H3,(H2,7,9,10). The van der Waals surface area contributed by atoms with Crippen LogP contribution in [0.15, 0.2) is 18.3 Å². The van der Waals surface area contributed by atoms with Crippen molar-refractivity contribution in [1.82, 2.24) is 4.98 Å². The fraction of sp³-hybridized carbons (Fsp3) is 0.167. The molecule has 1 rings (SSSR count). The van der Waals surface area contributed by atoms with Gasteiger partial charge in [0.25, 0.3) is 0 Å². The smallest absolute Gasteiger partial charge is 0.369 e. The Morgan fingerprint density at radius 1 is 1.58 bits per heavy atom. The lowest BCUT2D eigenvalue weighted by Gasteiger charge is -2.03. The zero-order valence-electron chi connectivity index (χ0n) is 6.39.